The summed E-state index contributed by atoms with van der Waals surface area (Å²) in [6.45, 7) is 11.0. The summed E-state index contributed by atoms with van der Waals surface area (Å²) in [4.78, 5) is 23.0. The van der Waals surface area contributed by atoms with Crippen molar-refractivity contribution in [1.29, 1.82) is 0 Å². The Balaban J connectivity index is 1.58. The monoisotopic (exact) mass is 489 g/mol. The summed E-state index contributed by atoms with van der Waals surface area (Å²) in [6, 6.07) is 7.83. The van der Waals surface area contributed by atoms with E-state index in [4.69, 9.17) is 21.1 Å². The summed E-state index contributed by atoms with van der Waals surface area (Å²) in [5.74, 6) is 2.21. The van der Waals surface area contributed by atoms with Crippen molar-refractivity contribution in [3.05, 3.63) is 41.2 Å². The number of Topliss-reactive ketones (excluding diaryl/α,β-unsaturated/α-hetero) is 1. The number of hydrogen-bond acceptors (Lipinski definition) is 7. The fourth-order valence-corrected chi connectivity index (χ4v) is 4.08. The zero-order valence-electron chi connectivity index (χ0n) is 20.8. The first-order chi connectivity index (χ1) is 16.1. The van der Waals surface area contributed by atoms with Crippen molar-refractivity contribution < 1.29 is 19.4 Å². The number of rotatable bonds is 11. The largest absolute Gasteiger partial charge is 0.489 e. The highest BCUT2D eigenvalue weighted by Gasteiger charge is 2.28. The topological polar surface area (TPSA) is 84.8 Å². The van der Waals surface area contributed by atoms with Crippen molar-refractivity contribution in [3.63, 3.8) is 0 Å². The predicted molar refractivity (Wildman–Crippen MR) is 134 cm³/mol. The van der Waals surface area contributed by atoms with Crippen LogP contribution < -0.4 is 14.4 Å². The third kappa shape index (κ3) is 7.06. The predicted octanol–water partition coefficient (Wildman–Crippen LogP) is 5.05. The Bertz CT molecular complexity index is 962. The molecule has 0 spiro atoms. The second-order valence-corrected chi connectivity index (χ2v) is 10.2. The molecule has 1 N–H and O–H groups in total. The molecule has 186 valence electrons. The molecule has 0 bridgehead atoms. The number of halogens is 1. The molecule has 0 radical (unpaired) electrons. The first-order valence-corrected chi connectivity index (χ1v) is 12.3. The highest BCUT2D eigenvalue weighted by molar-refractivity contribution is 6.34. The van der Waals surface area contributed by atoms with Crippen molar-refractivity contribution >= 4 is 23.2 Å². The van der Waals surface area contributed by atoms with Crippen LogP contribution in [0.2, 0.25) is 5.02 Å². The normalized spacial score (nSPS) is 18.0. The number of anilines is 1. The van der Waals surface area contributed by atoms with E-state index in [1.807, 2.05) is 31.2 Å². The second kappa shape index (κ2) is 11.4. The average molecular weight is 490 g/mol. The zero-order valence-corrected chi connectivity index (χ0v) is 21.5. The van der Waals surface area contributed by atoms with Gasteiger partial charge in [0.25, 0.3) is 0 Å². The molecule has 8 heteroatoms. The van der Waals surface area contributed by atoms with E-state index >= 15 is 0 Å². The first-order valence-electron chi connectivity index (χ1n) is 12.0. The number of benzene rings is 1. The van der Waals surface area contributed by atoms with E-state index in [9.17, 15) is 9.90 Å². The van der Waals surface area contributed by atoms with Gasteiger partial charge in [-0.1, -0.05) is 50.9 Å². The Hall–Kier alpha value is -2.38. The van der Waals surface area contributed by atoms with E-state index in [-0.39, 0.29) is 30.3 Å². The summed E-state index contributed by atoms with van der Waals surface area (Å²) < 4.78 is 11.8. The van der Waals surface area contributed by atoms with Gasteiger partial charge in [0.15, 0.2) is 5.82 Å². The lowest BCUT2D eigenvalue weighted by Gasteiger charge is -2.21. The number of nitrogens with zero attached hydrogens (tertiary/aromatic N) is 3. The van der Waals surface area contributed by atoms with Crippen LogP contribution in [0.25, 0.3) is 0 Å². The summed E-state index contributed by atoms with van der Waals surface area (Å²) in [6.07, 6.45) is 3.86. The molecule has 1 aliphatic heterocycles. The molecule has 2 aromatic rings. The first kappa shape index (κ1) is 26.2. The van der Waals surface area contributed by atoms with Crippen molar-refractivity contribution in [1.82, 2.24) is 9.97 Å². The van der Waals surface area contributed by atoms with E-state index in [1.165, 1.54) is 6.33 Å². The van der Waals surface area contributed by atoms with Gasteiger partial charge < -0.3 is 19.5 Å². The van der Waals surface area contributed by atoms with Crippen LogP contribution in [0.4, 0.5) is 5.82 Å². The minimum Gasteiger partial charge on any atom is -0.489 e. The molecular formula is C26H36ClN3O4. The summed E-state index contributed by atoms with van der Waals surface area (Å²) in [5.41, 5.74) is 0.0234. The van der Waals surface area contributed by atoms with Crippen molar-refractivity contribution in [2.24, 2.45) is 5.92 Å². The quantitative estimate of drug-likeness (QED) is 0.473. The van der Waals surface area contributed by atoms with Crippen LogP contribution in [0.15, 0.2) is 30.6 Å². The molecule has 7 nitrogen and oxygen atoms in total. The zero-order chi connectivity index (χ0) is 24.9. The number of carbonyl (C=O) groups excluding carboxylic acids is 1. The van der Waals surface area contributed by atoms with Gasteiger partial charge in [-0.15, -0.1) is 0 Å². The number of ether oxygens (including phenoxy) is 2. The molecule has 3 rings (SSSR count). The van der Waals surface area contributed by atoms with Gasteiger partial charge in [-0.2, -0.15) is 0 Å². The number of aliphatic hydroxyl groups is 1. The van der Waals surface area contributed by atoms with E-state index in [2.05, 4.69) is 28.7 Å². The number of hydrogen-bond donors (Lipinski definition) is 1. The Kier molecular flexibility index (Phi) is 8.77. The van der Waals surface area contributed by atoms with Crippen LogP contribution in [-0.4, -0.2) is 52.3 Å². The Morgan fingerprint density at radius 3 is 2.62 bits per heavy atom. The van der Waals surface area contributed by atoms with E-state index in [1.54, 1.807) is 13.8 Å². The molecule has 2 heterocycles. The number of aromatic nitrogens is 2. The van der Waals surface area contributed by atoms with Gasteiger partial charge in [0.05, 0.1) is 12.1 Å². The lowest BCUT2D eigenvalue weighted by atomic mass is 9.90. The van der Waals surface area contributed by atoms with Crippen LogP contribution >= 0.6 is 11.6 Å². The van der Waals surface area contributed by atoms with E-state index in [0.717, 1.165) is 30.7 Å². The van der Waals surface area contributed by atoms with Gasteiger partial charge in [-0.05, 0) is 37.5 Å². The van der Waals surface area contributed by atoms with Gasteiger partial charge in [0, 0.05) is 25.3 Å². The lowest BCUT2D eigenvalue weighted by molar-refractivity contribution is -0.121. The molecule has 1 fully saturated rings. The maximum Gasteiger partial charge on any atom is 0.238 e. The Labute approximate surface area is 207 Å². The third-order valence-corrected chi connectivity index (χ3v) is 6.49. The van der Waals surface area contributed by atoms with Gasteiger partial charge in [-0.3, -0.25) is 4.79 Å². The van der Waals surface area contributed by atoms with Crippen molar-refractivity contribution in [3.8, 4) is 11.6 Å². The van der Waals surface area contributed by atoms with Crippen LogP contribution in [0, 0.1) is 5.92 Å². The molecule has 3 atom stereocenters. The molecule has 34 heavy (non-hydrogen) atoms. The lowest BCUT2D eigenvalue weighted by Crippen LogP contribution is -2.29. The summed E-state index contributed by atoms with van der Waals surface area (Å²) in [5, 5.41) is 10.2. The Morgan fingerprint density at radius 2 is 1.97 bits per heavy atom. The second-order valence-electron chi connectivity index (χ2n) is 9.87. The van der Waals surface area contributed by atoms with Crippen LogP contribution in [0.5, 0.6) is 11.6 Å². The van der Waals surface area contributed by atoms with E-state index < -0.39 is 5.60 Å². The van der Waals surface area contributed by atoms with Gasteiger partial charge in [0.2, 0.25) is 5.88 Å². The fourth-order valence-electron chi connectivity index (χ4n) is 3.81. The van der Waals surface area contributed by atoms with Gasteiger partial charge in [0.1, 0.15) is 35.6 Å². The fraction of sp³-hybridized carbons (Fsp3) is 0.577. The molecule has 0 saturated carbocycles. The minimum atomic E-state index is -0.990. The Morgan fingerprint density at radius 1 is 1.26 bits per heavy atom. The minimum absolute atomic E-state index is 0.0120. The molecule has 1 aromatic carbocycles. The third-order valence-electron chi connectivity index (χ3n) is 6.16. The SMILES string of the molecule is CC[C@@H](C)CC(=O)C(C)c1ccc(O[C@@H]2CCN(c3ncnc(OCC(C)(C)O)c3Cl)C2)cc1. The summed E-state index contributed by atoms with van der Waals surface area (Å²) in [7, 11) is 0. The average Bonchev–Trinajstić information content (AvgIpc) is 3.25. The standard InChI is InChI=1S/C26H36ClN3O4/c1-6-17(2)13-22(31)18(3)19-7-9-20(10-8-19)34-21-11-12-30(14-21)24-23(27)25(29-16-28-24)33-15-26(4,5)32/h7-10,16-18,21,32H,6,11-15H2,1-5H3/t17-,18?,21-/m1/s1. The number of ketones is 1. The molecule has 1 unspecified atom stereocenters. The maximum atomic E-state index is 12.5. The maximum absolute atomic E-state index is 12.5. The summed E-state index contributed by atoms with van der Waals surface area (Å²) >= 11 is 6.50. The van der Waals surface area contributed by atoms with Crippen LogP contribution in [0.1, 0.15) is 65.4 Å². The molecule has 1 aromatic heterocycles. The molecule has 1 aliphatic rings. The van der Waals surface area contributed by atoms with Crippen LogP contribution in [-0.2, 0) is 4.79 Å². The van der Waals surface area contributed by atoms with Crippen molar-refractivity contribution in [2.75, 3.05) is 24.6 Å². The van der Waals surface area contributed by atoms with Gasteiger partial charge in [-0.25, -0.2) is 9.97 Å². The highest BCUT2D eigenvalue weighted by Crippen LogP contribution is 2.33. The van der Waals surface area contributed by atoms with Crippen LogP contribution in [0.3, 0.4) is 0 Å². The molecular weight excluding hydrogens is 454 g/mol. The number of carbonyl (C=O) groups is 1. The molecule has 1 saturated heterocycles. The molecule has 0 amide bonds. The van der Waals surface area contributed by atoms with E-state index in [0.29, 0.717) is 29.7 Å². The highest BCUT2D eigenvalue weighted by atomic mass is 35.5. The van der Waals surface area contributed by atoms with Gasteiger partial charge >= 0.3 is 0 Å². The van der Waals surface area contributed by atoms with Crippen molar-refractivity contribution in [2.45, 2.75) is 71.5 Å². The molecule has 0 aliphatic carbocycles. The smallest absolute Gasteiger partial charge is 0.238 e.